The zero-order chi connectivity index (χ0) is 14.4. The molecule has 0 saturated heterocycles. The van der Waals surface area contributed by atoms with E-state index >= 15 is 0 Å². The highest BCUT2D eigenvalue weighted by Gasteiger charge is 2.19. The molecule has 0 radical (unpaired) electrons. The Bertz CT molecular complexity index is 491. The number of nitro groups is 1. The number of amides is 1. The number of non-ortho nitro benzene ring substituents is 1. The van der Waals surface area contributed by atoms with Gasteiger partial charge in [-0.1, -0.05) is 0 Å². The van der Waals surface area contributed by atoms with E-state index in [0.29, 0.717) is 19.6 Å². The number of nitro benzene ring substituents is 1. The fourth-order valence-corrected chi connectivity index (χ4v) is 1.53. The quantitative estimate of drug-likeness (QED) is 0.485. The van der Waals surface area contributed by atoms with Crippen molar-refractivity contribution in [1.29, 1.82) is 0 Å². The summed E-state index contributed by atoms with van der Waals surface area (Å²) in [6.07, 6.45) is 0.581. The smallest absolute Gasteiger partial charge is 0.270 e. The van der Waals surface area contributed by atoms with Crippen LogP contribution in [0.1, 0.15) is 22.3 Å². The van der Waals surface area contributed by atoms with E-state index in [9.17, 15) is 19.3 Å². The molecule has 0 heterocycles. The number of rotatable bonds is 6. The van der Waals surface area contributed by atoms with Gasteiger partial charge in [-0.05, 0) is 18.9 Å². The van der Waals surface area contributed by atoms with Crippen LogP contribution in [-0.2, 0) is 4.74 Å². The average Bonchev–Trinajstić information content (AvgIpc) is 2.37. The molecular formula is C12H15FN2O4. The van der Waals surface area contributed by atoms with Gasteiger partial charge in [0, 0.05) is 32.4 Å². The second-order valence-electron chi connectivity index (χ2n) is 3.98. The number of aryl methyl sites for hydroxylation is 1. The van der Waals surface area contributed by atoms with Gasteiger partial charge in [0.1, 0.15) is 5.82 Å². The molecule has 0 aliphatic carbocycles. The van der Waals surface area contributed by atoms with E-state index in [1.165, 1.54) is 14.0 Å². The van der Waals surface area contributed by atoms with Crippen LogP contribution >= 0.6 is 0 Å². The molecule has 0 saturated carbocycles. The lowest BCUT2D eigenvalue weighted by Gasteiger charge is -2.07. The fourth-order valence-electron chi connectivity index (χ4n) is 1.53. The van der Waals surface area contributed by atoms with Crippen LogP contribution in [0.15, 0.2) is 12.1 Å². The lowest BCUT2D eigenvalue weighted by Crippen LogP contribution is -2.26. The number of ether oxygens (including phenoxy) is 1. The minimum Gasteiger partial charge on any atom is -0.385 e. The molecule has 0 atom stereocenters. The summed E-state index contributed by atoms with van der Waals surface area (Å²) in [7, 11) is 1.53. The largest absolute Gasteiger partial charge is 0.385 e. The summed E-state index contributed by atoms with van der Waals surface area (Å²) in [5.41, 5.74) is -0.554. The summed E-state index contributed by atoms with van der Waals surface area (Å²) < 4.78 is 18.6. The van der Waals surface area contributed by atoms with E-state index in [-0.39, 0.29) is 16.8 Å². The first kappa shape index (κ1) is 15.0. The maximum atomic E-state index is 13.8. The second kappa shape index (κ2) is 6.79. The minimum atomic E-state index is -0.741. The molecule has 0 aromatic heterocycles. The third kappa shape index (κ3) is 3.99. The van der Waals surface area contributed by atoms with Crippen molar-refractivity contribution in [3.63, 3.8) is 0 Å². The monoisotopic (exact) mass is 270 g/mol. The Morgan fingerprint density at radius 3 is 2.79 bits per heavy atom. The number of halogens is 1. The summed E-state index contributed by atoms with van der Waals surface area (Å²) in [6, 6.07) is 2.03. The Hall–Kier alpha value is -2.02. The number of carbonyl (C=O) groups is 1. The van der Waals surface area contributed by atoms with E-state index in [2.05, 4.69) is 5.32 Å². The van der Waals surface area contributed by atoms with Gasteiger partial charge in [0.15, 0.2) is 0 Å². The number of hydrogen-bond acceptors (Lipinski definition) is 4. The molecule has 1 N–H and O–H groups in total. The zero-order valence-corrected chi connectivity index (χ0v) is 10.7. The molecule has 0 bridgehead atoms. The minimum absolute atomic E-state index is 0.0660. The molecule has 1 aromatic rings. The molecular weight excluding hydrogens is 255 g/mol. The van der Waals surface area contributed by atoms with Crippen molar-refractivity contribution >= 4 is 11.6 Å². The number of benzene rings is 1. The van der Waals surface area contributed by atoms with Gasteiger partial charge in [-0.15, -0.1) is 0 Å². The van der Waals surface area contributed by atoms with E-state index in [0.717, 1.165) is 12.1 Å². The lowest BCUT2D eigenvalue weighted by atomic mass is 10.1. The topological polar surface area (TPSA) is 81.5 Å². The summed E-state index contributed by atoms with van der Waals surface area (Å²) in [6.45, 7) is 2.16. The first-order valence-corrected chi connectivity index (χ1v) is 5.69. The highest BCUT2D eigenvalue weighted by atomic mass is 19.1. The van der Waals surface area contributed by atoms with E-state index in [1.54, 1.807) is 0 Å². The molecule has 1 amide bonds. The van der Waals surface area contributed by atoms with Gasteiger partial charge in [0.2, 0.25) is 0 Å². The van der Waals surface area contributed by atoms with Gasteiger partial charge < -0.3 is 10.1 Å². The Kier molecular flexibility index (Phi) is 5.37. The maximum absolute atomic E-state index is 13.8. The molecule has 1 rings (SSSR count). The van der Waals surface area contributed by atoms with E-state index in [4.69, 9.17) is 4.74 Å². The van der Waals surface area contributed by atoms with Crippen molar-refractivity contribution in [2.75, 3.05) is 20.3 Å². The molecule has 7 heteroatoms. The van der Waals surface area contributed by atoms with Crippen LogP contribution in [-0.4, -0.2) is 31.1 Å². The van der Waals surface area contributed by atoms with E-state index in [1.807, 2.05) is 0 Å². The van der Waals surface area contributed by atoms with Crippen molar-refractivity contribution in [3.05, 3.63) is 39.2 Å². The molecule has 6 nitrogen and oxygen atoms in total. The summed E-state index contributed by atoms with van der Waals surface area (Å²) in [4.78, 5) is 21.8. The molecule has 19 heavy (non-hydrogen) atoms. The van der Waals surface area contributed by atoms with Gasteiger partial charge in [-0.2, -0.15) is 0 Å². The predicted molar refractivity (Wildman–Crippen MR) is 66.6 cm³/mol. The Balaban J connectivity index is 2.86. The van der Waals surface area contributed by atoms with Gasteiger partial charge in [-0.3, -0.25) is 14.9 Å². The third-order valence-corrected chi connectivity index (χ3v) is 2.51. The summed E-state index contributed by atoms with van der Waals surface area (Å²) in [5, 5.41) is 13.2. The molecule has 0 unspecified atom stereocenters. The molecule has 0 aliphatic heterocycles. The fraction of sp³-hybridized carbons (Fsp3) is 0.417. The maximum Gasteiger partial charge on any atom is 0.270 e. The zero-order valence-electron chi connectivity index (χ0n) is 10.7. The van der Waals surface area contributed by atoms with Gasteiger partial charge in [0.25, 0.3) is 11.6 Å². The number of nitrogens with one attached hydrogen (secondary N) is 1. The Morgan fingerprint density at radius 1 is 1.53 bits per heavy atom. The molecule has 0 spiro atoms. The van der Waals surface area contributed by atoms with Crippen molar-refractivity contribution in [3.8, 4) is 0 Å². The van der Waals surface area contributed by atoms with Crippen molar-refractivity contribution in [2.45, 2.75) is 13.3 Å². The van der Waals surface area contributed by atoms with Crippen LogP contribution in [0.3, 0.4) is 0 Å². The average molecular weight is 270 g/mol. The number of nitrogens with zero attached hydrogens (tertiary/aromatic N) is 1. The molecule has 104 valence electrons. The highest BCUT2D eigenvalue weighted by Crippen LogP contribution is 2.20. The van der Waals surface area contributed by atoms with Crippen molar-refractivity contribution in [2.24, 2.45) is 0 Å². The van der Waals surface area contributed by atoms with Crippen LogP contribution in [0.5, 0.6) is 0 Å². The highest BCUT2D eigenvalue weighted by molar-refractivity contribution is 5.95. The summed E-state index contributed by atoms with van der Waals surface area (Å²) in [5.74, 6) is -1.41. The van der Waals surface area contributed by atoms with Crippen LogP contribution in [0.2, 0.25) is 0 Å². The Labute approximate surface area is 109 Å². The van der Waals surface area contributed by atoms with Gasteiger partial charge in [-0.25, -0.2) is 4.39 Å². The third-order valence-electron chi connectivity index (χ3n) is 2.51. The normalized spacial score (nSPS) is 10.3. The second-order valence-corrected chi connectivity index (χ2v) is 3.98. The number of hydrogen-bond donors (Lipinski definition) is 1. The van der Waals surface area contributed by atoms with Gasteiger partial charge >= 0.3 is 0 Å². The molecule has 0 aliphatic rings. The SMILES string of the molecule is COCCCNC(=O)c1cc([N+](=O)[O-])cc(C)c1F. The molecule has 1 aromatic carbocycles. The predicted octanol–water partition coefficient (Wildman–Crippen LogP) is 1.81. The first-order valence-electron chi connectivity index (χ1n) is 5.69. The first-order chi connectivity index (χ1) is 8.97. The van der Waals surface area contributed by atoms with Crippen molar-refractivity contribution in [1.82, 2.24) is 5.32 Å². The van der Waals surface area contributed by atoms with Crippen LogP contribution < -0.4 is 5.32 Å². The Morgan fingerprint density at radius 2 is 2.21 bits per heavy atom. The van der Waals surface area contributed by atoms with Crippen LogP contribution in [0, 0.1) is 22.9 Å². The van der Waals surface area contributed by atoms with E-state index < -0.39 is 16.6 Å². The number of carbonyl (C=O) groups excluding carboxylic acids is 1. The standard InChI is InChI=1S/C12H15FN2O4/c1-8-6-9(15(17)18)7-10(11(8)13)12(16)14-4-3-5-19-2/h6-7H,3-5H2,1-2H3,(H,14,16). The van der Waals surface area contributed by atoms with Crippen LogP contribution in [0.25, 0.3) is 0 Å². The van der Waals surface area contributed by atoms with Crippen molar-refractivity contribution < 1.29 is 18.8 Å². The van der Waals surface area contributed by atoms with Crippen LogP contribution in [0.4, 0.5) is 10.1 Å². The number of methoxy groups -OCH3 is 1. The molecule has 0 fully saturated rings. The van der Waals surface area contributed by atoms with Gasteiger partial charge in [0.05, 0.1) is 10.5 Å². The lowest BCUT2D eigenvalue weighted by molar-refractivity contribution is -0.385. The summed E-state index contributed by atoms with van der Waals surface area (Å²) >= 11 is 0.